The van der Waals surface area contributed by atoms with Gasteiger partial charge in [-0.3, -0.25) is 13.9 Å². The van der Waals surface area contributed by atoms with Crippen LogP contribution in [0.3, 0.4) is 0 Å². The number of fused-ring (bicyclic) bond motifs is 1. The monoisotopic (exact) mass is 382 g/mol. The molecular formula is C20H19ClN4O2. The molecule has 0 spiro atoms. The number of aromatic nitrogens is 4. The summed E-state index contributed by atoms with van der Waals surface area (Å²) in [6.45, 7) is 0.468. The van der Waals surface area contributed by atoms with E-state index in [1.807, 2.05) is 12.1 Å². The van der Waals surface area contributed by atoms with Gasteiger partial charge in [-0.05, 0) is 42.9 Å². The number of imidazole rings is 1. The molecule has 0 unspecified atom stereocenters. The Morgan fingerprint density at radius 2 is 1.96 bits per heavy atom. The van der Waals surface area contributed by atoms with Crippen molar-refractivity contribution in [2.24, 2.45) is 20.0 Å². The van der Waals surface area contributed by atoms with Crippen LogP contribution in [0.5, 0.6) is 0 Å². The minimum Gasteiger partial charge on any atom is -0.314 e. The van der Waals surface area contributed by atoms with Crippen LogP contribution >= 0.6 is 11.6 Å². The molecule has 0 saturated heterocycles. The number of aryl methyl sites for hydroxylation is 2. The first-order valence-corrected chi connectivity index (χ1v) is 9.27. The molecule has 0 N–H and O–H groups in total. The minimum atomic E-state index is -0.327. The van der Waals surface area contributed by atoms with Crippen LogP contribution in [0.4, 0.5) is 0 Å². The Kier molecular flexibility index (Phi) is 4.40. The van der Waals surface area contributed by atoms with E-state index in [1.54, 1.807) is 30.8 Å². The highest BCUT2D eigenvalue weighted by Gasteiger charge is 2.23. The van der Waals surface area contributed by atoms with Crippen molar-refractivity contribution in [2.45, 2.75) is 25.8 Å². The summed E-state index contributed by atoms with van der Waals surface area (Å²) in [6, 6.07) is 7.22. The van der Waals surface area contributed by atoms with Gasteiger partial charge in [0.1, 0.15) is 0 Å². The molecule has 1 aromatic carbocycles. The lowest BCUT2D eigenvalue weighted by atomic mass is 9.85. The molecule has 6 nitrogen and oxygen atoms in total. The van der Waals surface area contributed by atoms with E-state index in [4.69, 9.17) is 11.6 Å². The van der Waals surface area contributed by atoms with Crippen molar-refractivity contribution in [1.82, 2.24) is 18.7 Å². The fourth-order valence-corrected chi connectivity index (χ4v) is 3.53. The molecule has 1 aliphatic rings. The summed E-state index contributed by atoms with van der Waals surface area (Å²) in [5, 5.41) is 0.605. The molecule has 1 fully saturated rings. The lowest BCUT2D eigenvalue weighted by Crippen LogP contribution is -2.42. The first-order chi connectivity index (χ1) is 13.0. The van der Waals surface area contributed by atoms with Crippen molar-refractivity contribution in [3.63, 3.8) is 0 Å². The van der Waals surface area contributed by atoms with Crippen molar-refractivity contribution < 1.29 is 0 Å². The molecule has 2 heterocycles. The first kappa shape index (κ1) is 17.6. The van der Waals surface area contributed by atoms with Gasteiger partial charge >= 0.3 is 5.69 Å². The second-order valence-corrected chi connectivity index (χ2v) is 7.42. The van der Waals surface area contributed by atoms with E-state index in [9.17, 15) is 9.59 Å². The Hall–Kier alpha value is -2.78. The molecule has 0 bridgehead atoms. The average Bonchev–Trinajstić information content (AvgIpc) is 2.93. The molecule has 7 heteroatoms. The van der Waals surface area contributed by atoms with Gasteiger partial charge in [-0.1, -0.05) is 30.0 Å². The van der Waals surface area contributed by atoms with Gasteiger partial charge in [0, 0.05) is 31.2 Å². The SMILES string of the molecule is Cn1c(C#Cc2cccc(Cl)c2)nc2c1c(=O)n(CC1CCC1)c(=O)n2C. The highest BCUT2D eigenvalue weighted by Crippen LogP contribution is 2.27. The second kappa shape index (κ2) is 6.75. The van der Waals surface area contributed by atoms with Gasteiger partial charge in [0.15, 0.2) is 17.0 Å². The maximum absolute atomic E-state index is 13.0. The summed E-state index contributed by atoms with van der Waals surface area (Å²) in [5.74, 6) is 6.83. The van der Waals surface area contributed by atoms with Crippen LogP contribution in [0.2, 0.25) is 5.02 Å². The van der Waals surface area contributed by atoms with Gasteiger partial charge in [-0.25, -0.2) is 9.78 Å². The van der Waals surface area contributed by atoms with Gasteiger partial charge in [0.2, 0.25) is 0 Å². The Balaban J connectivity index is 1.84. The summed E-state index contributed by atoms with van der Waals surface area (Å²) in [7, 11) is 3.39. The Morgan fingerprint density at radius 3 is 2.63 bits per heavy atom. The van der Waals surface area contributed by atoms with E-state index in [1.165, 1.54) is 9.13 Å². The van der Waals surface area contributed by atoms with Crippen LogP contribution < -0.4 is 11.2 Å². The van der Waals surface area contributed by atoms with E-state index >= 15 is 0 Å². The fourth-order valence-electron chi connectivity index (χ4n) is 3.34. The zero-order valence-corrected chi connectivity index (χ0v) is 16.0. The maximum Gasteiger partial charge on any atom is 0.332 e. The number of benzene rings is 1. The highest BCUT2D eigenvalue weighted by atomic mass is 35.5. The number of rotatable bonds is 2. The summed E-state index contributed by atoms with van der Waals surface area (Å²) in [5.41, 5.74) is 0.878. The Labute approximate surface area is 161 Å². The third kappa shape index (κ3) is 3.08. The van der Waals surface area contributed by atoms with E-state index in [2.05, 4.69) is 16.8 Å². The normalized spacial score (nSPS) is 14.0. The summed E-state index contributed by atoms with van der Waals surface area (Å²) >= 11 is 5.99. The summed E-state index contributed by atoms with van der Waals surface area (Å²) < 4.78 is 4.42. The smallest absolute Gasteiger partial charge is 0.314 e. The van der Waals surface area contributed by atoms with Crippen LogP contribution in [0.15, 0.2) is 33.9 Å². The third-order valence-corrected chi connectivity index (χ3v) is 5.40. The van der Waals surface area contributed by atoms with Crippen LogP contribution in [0.1, 0.15) is 30.7 Å². The second-order valence-electron chi connectivity index (χ2n) is 6.98. The molecule has 0 aliphatic heterocycles. The lowest BCUT2D eigenvalue weighted by molar-refractivity contribution is 0.268. The van der Waals surface area contributed by atoms with Crippen LogP contribution in [0.25, 0.3) is 11.2 Å². The van der Waals surface area contributed by atoms with Crippen LogP contribution in [-0.4, -0.2) is 18.7 Å². The van der Waals surface area contributed by atoms with Gasteiger partial charge in [0.05, 0.1) is 0 Å². The van der Waals surface area contributed by atoms with E-state index < -0.39 is 0 Å². The Bertz CT molecular complexity index is 1220. The number of hydrogen-bond acceptors (Lipinski definition) is 3. The quantitative estimate of drug-likeness (QED) is 0.639. The lowest BCUT2D eigenvalue weighted by Gasteiger charge is -2.25. The molecule has 4 rings (SSSR count). The largest absolute Gasteiger partial charge is 0.332 e. The van der Waals surface area contributed by atoms with Gasteiger partial charge in [-0.2, -0.15) is 0 Å². The molecule has 3 aromatic rings. The van der Waals surface area contributed by atoms with Crippen molar-refractivity contribution in [2.75, 3.05) is 0 Å². The van der Waals surface area contributed by atoms with Crippen molar-refractivity contribution in [3.05, 3.63) is 61.5 Å². The van der Waals surface area contributed by atoms with Gasteiger partial charge < -0.3 is 4.57 Å². The van der Waals surface area contributed by atoms with Crippen molar-refractivity contribution >= 4 is 22.8 Å². The van der Waals surface area contributed by atoms with Crippen molar-refractivity contribution in [1.29, 1.82) is 0 Å². The van der Waals surface area contributed by atoms with E-state index in [-0.39, 0.29) is 11.2 Å². The fraction of sp³-hybridized carbons (Fsp3) is 0.350. The van der Waals surface area contributed by atoms with E-state index in [0.717, 1.165) is 24.8 Å². The topological polar surface area (TPSA) is 61.8 Å². The average molecular weight is 383 g/mol. The molecular weight excluding hydrogens is 364 g/mol. The van der Waals surface area contributed by atoms with Crippen molar-refractivity contribution in [3.8, 4) is 11.8 Å². The van der Waals surface area contributed by atoms with Crippen LogP contribution in [-0.2, 0) is 20.6 Å². The van der Waals surface area contributed by atoms with E-state index in [0.29, 0.717) is 34.5 Å². The van der Waals surface area contributed by atoms with Gasteiger partial charge in [0.25, 0.3) is 5.56 Å². The molecule has 27 heavy (non-hydrogen) atoms. The summed E-state index contributed by atoms with van der Waals surface area (Å²) in [4.78, 5) is 30.0. The number of nitrogens with zero attached hydrogens (tertiary/aromatic N) is 4. The van der Waals surface area contributed by atoms with Crippen LogP contribution in [0, 0.1) is 17.8 Å². The predicted molar refractivity (Wildman–Crippen MR) is 105 cm³/mol. The highest BCUT2D eigenvalue weighted by molar-refractivity contribution is 6.30. The number of hydrogen-bond donors (Lipinski definition) is 0. The molecule has 1 saturated carbocycles. The molecule has 0 atom stereocenters. The minimum absolute atomic E-state index is 0.300. The zero-order chi connectivity index (χ0) is 19.1. The zero-order valence-electron chi connectivity index (χ0n) is 15.2. The first-order valence-electron chi connectivity index (χ1n) is 8.89. The molecule has 2 aromatic heterocycles. The standard InChI is InChI=1S/C20H19ClN4O2/c1-23-16(10-9-13-5-4-8-15(21)11-13)22-18-17(23)19(26)25(20(27)24(18)2)12-14-6-3-7-14/h4-5,8,11,14H,3,6-7,12H2,1-2H3. The molecule has 138 valence electrons. The van der Waals surface area contributed by atoms with Gasteiger partial charge in [-0.15, -0.1) is 0 Å². The third-order valence-electron chi connectivity index (χ3n) is 5.17. The molecule has 0 amide bonds. The molecule has 1 aliphatic carbocycles. The maximum atomic E-state index is 13.0. The molecule has 0 radical (unpaired) electrons. The predicted octanol–water partition coefficient (Wildman–Crippen LogP) is 2.29. The summed E-state index contributed by atoms with van der Waals surface area (Å²) in [6.07, 6.45) is 3.29. The Morgan fingerprint density at radius 1 is 1.19 bits per heavy atom. The number of halogens is 1.